The summed E-state index contributed by atoms with van der Waals surface area (Å²) < 4.78 is 0. The Kier molecular flexibility index (Phi) is 10.9. The van der Waals surface area contributed by atoms with Crippen LogP contribution in [0.15, 0.2) is 0 Å². The summed E-state index contributed by atoms with van der Waals surface area (Å²) in [7, 11) is 0. The number of hydrogen-bond donors (Lipinski definition) is 0. The fourth-order valence-electron chi connectivity index (χ4n) is 3.30. The van der Waals surface area contributed by atoms with E-state index >= 15 is 0 Å². The Hall–Kier alpha value is -0.330. The highest BCUT2D eigenvalue weighted by atomic mass is 16.1. The molecule has 0 aromatic heterocycles. The molecule has 1 aliphatic rings. The summed E-state index contributed by atoms with van der Waals surface area (Å²) in [6.45, 7) is 4.08. The number of ketones is 1. The maximum Gasteiger partial charge on any atom is 0.132 e. The minimum Gasteiger partial charge on any atom is -0.300 e. The summed E-state index contributed by atoms with van der Waals surface area (Å²) in [5.41, 5.74) is 0. The van der Waals surface area contributed by atoms with E-state index in [1.165, 1.54) is 89.9 Å². The summed E-state index contributed by atoms with van der Waals surface area (Å²) in [5.74, 6) is 1.72. The van der Waals surface area contributed by atoms with Crippen molar-refractivity contribution in [1.82, 2.24) is 0 Å². The van der Waals surface area contributed by atoms with Crippen LogP contribution < -0.4 is 0 Å². The zero-order chi connectivity index (χ0) is 15.3. The van der Waals surface area contributed by atoms with Crippen LogP contribution in [0.1, 0.15) is 110 Å². The van der Waals surface area contributed by atoms with E-state index in [9.17, 15) is 4.79 Å². The fraction of sp³-hybridized carbons (Fsp3) is 0.950. The summed E-state index contributed by atoms with van der Waals surface area (Å²) in [6, 6.07) is 0. The molecule has 0 saturated heterocycles. The van der Waals surface area contributed by atoms with E-state index in [1.54, 1.807) is 6.92 Å². The van der Waals surface area contributed by atoms with Crippen LogP contribution in [0.3, 0.4) is 0 Å². The van der Waals surface area contributed by atoms with Gasteiger partial charge in [-0.25, -0.2) is 0 Å². The average Bonchev–Trinajstić information content (AvgIpc) is 3.27. The highest BCUT2D eigenvalue weighted by Crippen LogP contribution is 2.37. The van der Waals surface area contributed by atoms with Gasteiger partial charge in [-0.05, 0) is 25.7 Å². The number of Topliss-reactive ketones (excluding diaryl/α,β-unsaturated/α-hetero) is 1. The van der Waals surface area contributed by atoms with E-state index in [-0.39, 0.29) is 0 Å². The lowest BCUT2D eigenvalue weighted by Gasteiger charge is -2.12. The molecular formula is C20H38O. The minimum absolute atomic E-state index is 0.385. The van der Waals surface area contributed by atoms with E-state index in [0.717, 1.165) is 12.3 Å². The van der Waals surface area contributed by atoms with Gasteiger partial charge < -0.3 is 0 Å². The average molecular weight is 295 g/mol. The number of rotatable bonds is 15. The number of carbonyl (C=O) groups excluding carboxylic acids is 1. The van der Waals surface area contributed by atoms with Gasteiger partial charge in [-0.15, -0.1) is 0 Å². The van der Waals surface area contributed by atoms with Crippen LogP contribution in [0.4, 0.5) is 0 Å². The van der Waals surface area contributed by atoms with E-state index in [1.807, 2.05) is 0 Å². The topological polar surface area (TPSA) is 17.1 Å². The highest BCUT2D eigenvalue weighted by molar-refractivity contribution is 5.78. The lowest BCUT2D eigenvalue weighted by Crippen LogP contribution is -2.11. The smallest absolute Gasteiger partial charge is 0.132 e. The minimum atomic E-state index is 0.385. The molecule has 0 N–H and O–H groups in total. The Balaban J connectivity index is 1.83. The Morgan fingerprint density at radius 1 is 0.857 bits per heavy atom. The SMILES string of the molecule is CCCCCCCCCCCCCC(CC1CC1)C(C)=O. The molecule has 0 amide bonds. The lowest BCUT2D eigenvalue weighted by molar-refractivity contribution is -0.121. The van der Waals surface area contributed by atoms with Gasteiger partial charge in [0, 0.05) is 5.92 Å². The Labute approximate surface area is 133 Å². The van der Waals surface area contributed by atoms with Crippen molar-refractivity contribution in [2.75, 3.05) is 0 Å². The molecule has 0 spiro atoms. The van der Waals surface area contributed by atoms with Crippen LogP contribution in [0, 0.1) is 11.8 Å². The molecule has 1 rings (SSSR count). The normalized spacial score (nSPS) is 16.1. The zero-order valence-corrected chi connectivity index (χ0v) is 14.7. The van der Waals surface area contributed by atoms with Gasteiger partial charge in [0.2, 0.25) is 0 Å². The van der Waals surface area contributed by atoms with Gasteiger partial charge >= 0.3 is 0 Å². The Morgan fingerprint density at radius 2 is 1.33 bits per heavy atom. The maximum atomic E-state index is 11.6. The van der Waals surface area contributed by atoms with Gasteiger partial charge in [0.1, 0.15) is 5.78 Å². The predicted octanol–water partition coefficient (Wildman–Crippen LogP) is 6.69. The Morgan fingerprint density at radius 3 is 1.76 bits per heavy atom. The number of hydrogen-bond acceptors (Lipinski definition) is 1. The van der Waals surface area contributed by atoms with Gasteiger partial charge in [0.05, 0.1) is 0 Å². The first kappa shape index (κ1) is 18.7. The molecule has 1 unspecified atom stereocenters. The molecule has 0 bridgehead atoms. The first-order chi connectivity index (χ1) is 10.2. The van der Waals surface area contributed by atoms with Crippen molar-refractivity contribution < 1.29 is 4.79 Å². The van der Waals surface area contributed by atoms with E-state index in [4.69, 9.17) is 0 Å². The summed E-state index contributed by atoms with van der Waals surface area (Å²) in [4.78, 5) is 11.6. The standard InChI is InChI=1S/C20H38O/c1-3-4-5-6-7-8-9-10-11-12-13-14-20(18(2)21)17-19-15-16-19/h19-20H,3-17H2,1-2H3. The van der Waals surface area contributed by atoms with Crippen molar-refractivity contribution in [3.8, 4) is 0 Å². The molecule has 0 aromatic rings. The van der Waals surface area contributed by atoms with Crippen molar-refractivity contribution >= 4 is 5.78 Å². The molecule has 1 nitrogen and oxygen atoms in total. The molecular weight excluding hydrogens is 256 g/mol. The summed E-state index contributed by atoms with van der Waals surface area (Å²) >= 11 is 0. The molecule has 0 heterocycles. The van der Waals surface area contributed by atoms with Gasteiger partial charge in [-0.3, -0.25) is 4.79 Å². The van der Waals surface area contributed by atoms with E-state index in [0.29, 0.717) is 11.7 Å². The van der Waals surface area contributed by atoms with Crippen LogP contribution in [0.2, 0.25) is 0 Å². The third kappa shape index (κ3) is 11.0. The summed E-state index contributed by atoms with van der Waals surface area (Å²) in [5, 5.41) is 0. The van der Waals surface area contributed by atoms with Gasteiger partial charge in [0.15, 0.2) is 0 Å². The van der Waals surface area contributed by atoms with Crippen LogP contribution in [0.5, 0.6) is 0 Å². The molecule has 21 heavy (non-hydrogen) atoms. The maximum absolute atomic E-state index is 11.6. The first-order valence-corrected chi connectivity index (χ1v) is 9.74. The largest absolute Gasteiger partial charge is 0.300 e. The predicted molar refractivity (Wildman–Crippen MR) is 92.6 cm³/mol. The molecule has 1 fully saturated rings. The molecule has 1 aliphatic carbocycles. The molecule has 1 saturated carbocycles. The van der Waals surface area contributed by atoms with Crippen molar-refractivity contribution in [3.05, 3.63) is 0 Å². The van der Waals surface area contributed by atoms with Crippen molar-refractivity contribution in [2.45, 2.75) is 110 Å². The Bertz CT molecular complexity index is 255. The van der Waals surface area contributed by atoms with Crippen molar-refractivity contribution in [3.63, 3.8) is 0 Å². The molecule has 1 atom stereocenters. The molecule has 0 radical (unpaired) electrons. The second kappa shape index (κ2) is 12.2. The fourth-order valence-corrected chi connectivity index (χ4v) is 3.30. The van der Waals surface area contributed by atoms with Crippen LogP contribution in [-0.4, -0.2) is 5.78 Å². The van der Waals surface area contributed by atoms with Crippen LogP contribution in [-0.2, 0) is 4.79 Å². The van der Waals surface area contributed by atoms with Crippen LogP contribution >= 0.6 is 0 Å². The van der Waals surface area contributed by atoms with Crippen LogP contribution in [0.25, 0.3) is 0 Å². The van der Waals surface area contributed by atoms with Gasteiger partial charge in [0.25, 0.3) is 0 Å². The van der Waals surface area contributed by atoms with E-state index in [2.05, 4.69) is 6.92 Å². The van der Waals surface area contributed by atoms with E-state index < -0.39 is 0 Å². The lowest BCUT2D eigenvalue weighted by atomic mass is 9.92. The zero-order valence-electron chi connectivity index (χ0n) is 14.7. The first-order valence-electron chi connectivity index (χ1n) is 9.74. The third-order valence-electron chi connectivity index (χ3n) is 5.05. The van der Waals surface area contributed by atoms with Gasteiger partial charge in [-0.1, -0.05) is 90.4 Å². The molecule has 0 aliphatic heterocycles. The van der Waals surface area contributed by atoms with Crippen molar-refractivity contribution in [1.29, 1.82) is 0 Å². The monoisotopic (exact) mass is 294 g/mol. The quantitative estimate of drug-likeness (QED) is 0.307. The molecule has 124 valence electrons. The van der Waals surface area contributed by atoms with Crippen molar-refractivity contribution in [2.24, 2.45) is 11.8 Å². The number of unbranched alkanes of at least 4 members (excludes halogenated alkanes) is 10. The highest BCUT2D eigenvalue weighted by Gasteiger charge is 2.27. The molecule has 0 aromatic carbocycles. The second-order valence-corrected chi connectivity index (χ2v) is 7.31. The molecule has 1 heteroatoms. The second-order valence-electron chi connectivity index (χ2n) is 7.31. The number of carbonyl (C=O) groups is 1. The third-order valence-corrected chi connectivity index (χ3v) is 5.05. The summed E-state index contributed by atoms with van der Waals surface area (Å²) in [6.07, 6.45) is 20.4. The van der Waals surface area contributed by atoms with Gasteiger partial charge in [-0.2, -0.15) is 0 Å².